The van der Waals surface area contributed by atoms with Crippen LogP contribution in [-0.2, 0) is 23.0 Å². The van der Waals surface area contributed by atoms with Gasteiger partial charge in [-0.2, -0.15) is 4.31 Å². The summed E-state index contributed by atoms with van der Waals surface area (Å²) in [5.41, 5.74) is 1.39. The molecule has 0 aliphatic carbocycles. The Kier molecular flexibility index (Phi) is 9.23. The van der Waals surface area contributed by atoms with Crippen LogP contribution in [0.15, 0.2) is 29.2 Å². The van der Waals surface area contributed by atoms with Crippen LogP contribution in [0.5, 0.6) is 0 Å². The molecule has 3 rings (SSSR count). The lowest BCUT2D eigenvalue weighted by molar-refractivity contribution is 0.0964. The average Bonchev–Trinajstić information content (AvgIpc) is 3.21. The lowest BCUT2D eigenvalue weighted by Crippen LogP contribution is -2.38. The maximum atomic E-state index is 13.1. The van der Waals surface area contributed by atoms with E-state index in [4.69, 9.17) is 0 Å². The van der Waals surface area contributed by atoms with E-state index in [2.05, 4.69) is 27.8 Å². The third-order valence-corrected chi connectivity index (χ3v) is 9.24. The Hall–Kier alpha value is -2.80. The lowest BCUT2D eigenvalue weighted by atomic mass is 10.0. The molecule has 36 heavy (non-hydrogen) atoms. The number of thiophene rings is 1. The molecule has 1 aliphatic heterocycles. The van der Waals surface area contributed by atoms with Gasteiger partial charge >= 0.3 is 6.03 Å². The first-order valence-electron chi connectivity index (χ1n) is 12.0. The number of benzene rings is 1. The number of nitrogens with zero attached hydrogens (tertiary/aromatic N) is 2. The van der Waals surface area contributed by atoms with Gasteiger partial charge in [0.25, 0.3) is 11.8 Å². The molecule has 0 unspecified atom stereocenters. The summed E-state index contributed by atoms with van der Waals surface area (Å²) in [6, 6.07) is 5.08. The number of fused-ring (bicyclic) bond motifs is 1. The number of nitrogens with one attached hydrogen (secondary N) is 3. The van der Waals surface area contributed by atoms with Gasteiger partial charge in [-0.15, -0.1) is 11.3 Å². The molecule has 0 atom stereocenters. The van der Waals surface area contributed by atoms with Crippen LogP contribution in [0.4, 0.5) is 9.80 Å². The molecule has 1 aromatic heterocycles. The predicted molar refractivity (Wildman–Crippen MR) is 140 cm³/mol. The number of amides is 4. The fraction of sp³-hybridized carbons (Fsp3) is 0.458. The average molecular weight is 536 g/mol. The monoisotopic (exact) mass is 535 g/mol. The molecule has 1 aromatic carbocycles. The maximum Gasteiger partial charge on any atom is 0.321 e. The number of sulfonamides is 1. The molecule has 0 saturated heterocycles. The summed E-state index contributed by atoms with van der Waals surface area (Å²) in [4.78, 5) is 41.2. The molecule has 2 heterocycles. The van der Waals surface area contributed by atoms with Gasteiger partial charge in [-0.1, -0.05) is 20.8 Å². The number of imide groups is 1. The quantitative estimate of drug-likeness (QED) is 0.453. The summed E-state index contributed by atoms with van der Waals surface area (Å²) in [6.45, 7) is 8.72. The SMILES string of the molecule is CCCN1CCc2c(sc(NC(=O)c3ccc(S(=O)(=O)N(CC)CC)cc3)c2C(=O)NC(=O)NC)C1. The number of rotatable bonds is 9. The highest BCUT2D eigenvalue weighted by atomic mass is 32.2. The van der Waals surface area contributed by atoms with Gasteiger partial charge in [0.05, 0.1) is 10.5 Å². The molecule has 2 aromatic rings. The summed E-state index contributed by atoms with van der Waals surface area (Å²) in [5, 5.41) is 7.85. The van der Waals surface area contributed by atoms with Gasteiger partial charge in [-0.25, -0.2) is 13.2 Å². The smallest absolute Gasteiger partial charge is 0.321 e. The zero-order valence-corrected chi connectivity index (χ0v) is 22.6. The molecule has 0 saturated carbocycles. The van der Waals surface area contributed by atoms with Crippen molar-refractivity contribution >= 4 is 44.2 Å². The fourth-order valence-corrected chi connectivity index (χ4v) is 6.93. The first kappa shape index (κ1) is 27.8. The van der Waals surface area contributed by atoms with Crippen LogP contribution >= 0.6 is 11.3 Å². The third-order valence-electron chi connectivity index (χ3n) is 6.04. The summed E-state index contributed by atoms with van der Waals surface area (Å²) >= 11 is 1.33. The molecule has 4 amide bonds. The number of urea groups is 1. The molecule has 12 heteroatoms. The summed E-state index contributed by atoms with van der Waals surface area (Å²) in [5.74, 6) is -1.05. The van der Waals surface area contributed by atoms with Crippen LogP contribution in [0.1, 0.15) is 58.3 Å². The molecule has 10 nitrogen and oxygen atoms in total. The first-order chi connectivity index (χ1) is 17.2. The van der Waals surface area contributed by atoms with Crippen LogP contribution in [0.3, 0.4) is 0 Å². The molecule has 1 aliphatic rings. The van der Waals surface area contributed by atoms with Crippen LogP contribution in [0.2, 0.25) is 0 Å². The first-order valence-corrected chi connectivity index (χ1v) is 14.2. The molecule has 196 valence electrons. The van der Waals surface area contributed by atoms with Gasteiger partial charge < -0.3 is 10.6 Å². The number of anilines is 1. The van der Waals surface area contributed by atoms with Crippen molar-refractivity contribution in [2.75, 3.05) is 38.5 Å². The van der Waals surface area contributed by atoms with E-state index in [0.717, 1.165) is 30.0 Å². The van der Waals surface area contributed by atoms with Crippen LogP contribution in [0.25, 0.3) is 0 Å². The van der Waals surface area contributed by atoms with Crippen molar-refractivity contribution in [2.24, 2.45) is 0 Å². The van der Waals surface area contributed by atoms with Crippen molar-refractivity contribution in [2.45, 2.75) is 45.1 Å². The van der Waals surface area contributed by atoms with Crippen LogP contribution < -0.4 is 16.0 Å². The Morgan fingerprint density at radius 1 is 1.06 bits per heavy atom. The van der Waals surface area contributed by atoms with Crippen molar-refractivity contribution in [3.05, 3.63) is 45.8 Å². The van der Waals surface area contributed by atoms with Crippen LogP contribution in [0, 0.1) is 0 Å². The molecular formula is C24H33N5O5S2. The highest BCUT2D eigenvalue weighted by Crippen LogP contribution is 2.37. The largest absolute Gasteiger partial charge is 0.341 e. The summed E-state index contributed by atoms with van der Waals surface area (Å²) < 4.78 is 26.8. The molecular weight excluding hydrogens is 502 g/mol. The molecule has 0 bridgehead atoms. The minimum absolute atomic E-state index is 0.107. The molecule has 0 spiro atoms. The van der Waals surface area contributed by atoms with E-state index in [1.165, 1.54) is 47.0 Å². The molecule has 0 radical (unpaired) electrons. The van der Waals surface area contributed by atoms with Crippen molar-refractivity contribution < 1.29 is 22.8 Å². The van der Waals surface area contributed by atoms with Gasteiger partial charge in [-0.3, -0.25) is 19.8 Å². The van der Waals surface area contributed by atoms with Gasteiger partial charge in [0.1, 0.15) is 5.00 Å². The van der Waals surface area contributed by atoms with E-state index in [1.54, 1.807) is 13.8 Å². The Morgan fingerprint density at radius 3 is 2.31 bits per heavy atom. The van der Waals surface area contributed by atoms with Crippen molar-refractivity contribution in [1.29, 1.82) is 0 Å². The highest BCUT2D eigenvalue weighted by Gasteiger charge is 2.29. The molecule has 3 N–H and O–H groups in total. The third kappa shape index (κ3) is 5.94. The van der Waals surface area contributed by atoms with Crippen molar-refractivity contribution in [3.63, 3.8) is 0 Å². The maximum absolute atomic E-state index is 13.1. The second-order valence-corrected chi connectivity index (χ2v) is 11.4. The minimum Gasteiger partial charge on any atom is -0.341 e. The topological polar surface area (TPSA) is 128 Å². The number of hydrogen-bond donors (Lipinski definition) is 3. The minimum atomic E-state index is -3.64. The van der Waals surface area contributed by atoms with E-state index >= 15 is 0 Å². The second-order valence-electron chi connectivity index (χ2n) is 8.34. The fourth-order valence-electron chi connectivity index (χ4n) is 4.19. The van der Waals surface area contributed by atoms with Crippen molar-refractivity contribution in [3.8, 4) is 0 Å². The normalized spacial score (nSPS) is 13.8. The zero-order chi connectivity index (χ0) is 26.5. The summed E-state index contributed by atoms with van der Waals surface area (Å²) in [7, 11) is -2.22. The Morgan fingerprint density at radius 2 is 1.72 bits per heavy atom. The Balaban J connectivity index is 1.89. The van der Waals surface area contributed by atoms with E-state index in [-0.39, 0.29) is 10.5 Å². The van der Waals surface area contributed by atoms with E-state index in [9.17, 15) is 22.8 Å². The number of hydrogen-bond acceptors (Lipinski definition) is 7. The van der Waals surface area contributed by atoms with Gasteiger partial charge in [0.15, 0.2) is 0 Å². The van der Waals surface area contributed by atoms with Gasteiger partial charge in [0.2, 0.25) is 10.0 Å². The lowest BCUT2D eigenvalue weighted by Gasteiger charge is -2.26. The predicted octanol–water partition coefficient (Wildman–Crippen LogP) is 2.87. The second kappa shape index (κ2) is 12.0. The van der Waals surface area contributed by atoms with E-state index < -0.39 is 27.9 Å². The Labute approximate surface area is 216 Å². The summed E-state index contributed by atoms with van der Waals surface area (Å²) in [6.07, 6.45) is 1.64. The van der Waals surface area contributed by atoms with E-state index in [0.29, 0.717) is 36.6 Å². The highest BCUT2D eigenvalue weighted by molar-refractivity contribution is 7.89. The van der Waals surface area contributed by atoms with Gasteiger partial charge in [0, 0.05) is 43.7 Å². The number of carbonyl (C=O) groups is 3. The molecule has 0 fully saturated rings. The van der Waals surface area contributed by atoms with Crippen LogP contribution in [-0.4, -0.2) is 68.7 Å². The standard InChI is InChI=1S/C24H33N5O5S2/c1-5-13-28-14-12-18-19(15-28)35-23(20(18)22(31)27-24(32)25-4)26-21(30)16-8-10-17(11-9-16)36(33,34)29(6-2)7-3/h8-11H,5-7,12-15H2,1-4H3,(H,26,30)(H2,25,27,31,32). The number of carbonyl (C=O) groups excluding carboxylic acids is 3. The van der Waals surface area contributed by atoms with E-state index in [1.807, 2.05) is 0 Å². The Bertz CT molecular complexity index is 1220. The van der Waals surface area contributed by atoms with Crippen molar-refractivity contribution in [1.82, 2.24) is 19.8 Å². The van der Waals surface area contributed by atoms with Gasteiger partial charge in [-0.05, 0) is 49.2 Å². The zero-order valence-electron chi connectivity index (χ0n) is 21.0.